The third-order valence-corrected chi connectivity index (χ3v) is 3.57. The minimum absolute atomic E-state index is 0.210. The zero-order valence-corrected chi connectivity index (χ0v) is 11.7. The highest BCUT2D eigenvalue weighted by Gasteiger charge is 2.21. The number of hydrogen-bond acceptors (Lipinski definition) is 4. The summed E-state index contributed by atoms with van der Waals surface area (Å²) < 4.78 is 11.1. The van der Waals surface area contributed by atoms with Gasteiger partial charge in [0.2, 0.25) is 0 Å². The van der Waals surface area contributed by atoms with Gasteiger partial charge in [-0.25, -0.2) is 4.79 Å². The summed E-state index contributed by atoms with van der Waals surface area (Å²) in [6.07, 6.45) is 1.05. The van der Waals surface area contributed by atoms with Crippen molar-refractivity contribution in [2.24, 2.45) is 0 Å². The number of morpholine rings is 1. The zero-order valence-electron chi connectivity index (χ0n) is 11.7. The Labute approximate surface area is 119 Å². The van der Waals surface area contributed by atoms with Gasteiger partial charge in [0.25, 0.3) is 0 Å². The number of para-hydroxylation sites is 1. The first kappa shape index (κ1) is 14.8. The van der Waals surface area contributed by atoms with Crippen molar-refractivity contribution in [2.75, 3.05) is 32.9 Å². The van der Waals surface area contributed by atoms with Crippen LogP contribution in [0.2, 0.25) is 0 Å². The normalized spacial score (nSPS) is 19.8. The molecule has 2 rings (SSSR count). The summed E-state index contributed by atoms with van der Waals surface area (Å²) in [6.45, 7) is 5.84. The summed E-state index contributed by atoms with van der Waals surface area (Å²) in [6, 6.07) is 7.17. The molecule has 5 heteroatoms. The van der Waals surface area contributed by atoms with Crippen LogP contribution in [-0.4, -0.2) is 54.9 Å². The molecule has 110 valence electrons. The highest BCUT2D eigenvalue weighted by Crippen LogP contribution is 2.18. The quantitative estimate of drug-likeness (QED) is 0.861. The fourth-order valence-corrected chi connectivity index (χ4v) is 2.40. The van der Waals surface area contributed by atoms with Crippen molar-refractivity contribution < 1.29 is 19.4 Å². The molecule has 1 N–H and O–H groups in total. The van der Waals surface area contributed by atoms with Gasteiger partial charge in [-0.15, -0.1) is 0 Å². The van der Waals surface area contributed by atoms with Crippen molar-refractivity contribution in [2.45, 2.75) is 19.4 Å². The average Bonchev–Trinajstić information content (AvgIpc) is 2.48. The second kappa shape index (κ2) is 7.26. The van der Waals surface area contributed by atoms with Gasteiger partial charge in [-0.2, -0.15) is 0 Å². The zero-order chi connectivity index (χ0) is 14.4. The van der Waals surface area contributed by atoms with E-state index in [4.69, 9.17) is 14.6 Å². The van der Waals surface area contributed by atoms with Crippen LogP contribution < -0.4 is 4.74 Å². The van der Waals surface area contributed by atoms with Crippen molar-refractivity contribution in [3.63, 3.8) is 0 Å². The van der Waals surface area contributed by atoms with Crippen molar-refractivity contribution in [1.29, 1.82) is 0 Å². The Kier molecular flexibility index (Phi) is 5.38. The van der Waals surface area contributed by atoms with Crippen molar-refractivity contribution in [3.05, 3.63) is 29.8 Å². The van der Waals surface area contributed by atoms with Gasteiger partial charge in [0.05, 0.1) is 13.2 Å². The maximum absolute atomic E-state index is 11.1. The monoisotopic (exact) mass is 279 g/mol. The molecule has 0 spiro atoms. The molecule has 1 heterocycles. The Bertz CT molecular complexity index is 449. The summed E-state index contributed by atoms with van der Waals surface area (Å²) in [5, 5.41) is 9.09. The molecule has 0 aliphatic carbocycles. The fourth-order valence-electron chi connectivity index (χ4n) is 2.40. The van der Waals surface area contributed by atoms with Gasteiger partial charge < -0.3 is 14.6 Å². The van der Waals surface area contributed by atoms with Gasteiger partial charge >= 0.3 is 5.97 Å². The van der Waals surface area contributed by atoms with Crippen molar-refractivity contribution in [3.8, 4) is 5.75 Å². The van der Waals surface area contributed by atoms with E-state index in [1.54, 1.807) is 24.3 Å². The molecule has 1 atom stereocenters. The number of carboxylic acids is 1. The SMILES string of the molecule is CCC1COCCN1CCOc1ccccc1C(=O)O. The second-order valence-electron chi connectivity index (χ2n) is 4.82. The number of ether oxygens (including phenoxy) is 2. The maximum atomic E-state index is 11.1. The molecular weight excluding hydrogens is 258 g/mol. The molecule has 0 amide bonds. The molecule has 0 aromatic heterocycles. The van der Waals surface area contributed by atoms with Crippen LogP contribution in [0.3, 0.4) is 0 Å². The number of aromatic carboxylic acids is 1. The highest BCUT2D eigenvalue weighted by atomic mass is 16.5. The molecular formula is C15H21NO4. The van der Waals surface area contributed by atoms with E-state index in [2.05, 4.69) is 11.8 Å². The van der Waals surface area contributed by atoms with Gasteiger partial charge in [-0.3, -0.25) is 4.90 Å². The third-order valence-electron chi connectivity index (χ3n) is 3.57. The first-order chi connectivity index (χ1) is 9.72. The first-order valence-electron chi connectivity index (χ1n) is 6.99. The Hall–Kier alpha value is -1.59. The van der Waals surface area contributed by atoms with Crippen LogP contribution in [0.1, 0.15) is 23.7 Å². The number of rotatable bonds is 6. The van der Waals surface area contributed by atoms with Crippen LogP contribution in [-0.2, 0) is 4.74 Å². The Balaban J connectivity index is 1.88. The largest absolute Gasteiger partial charge is 0.491 e. The van der Waals surface area contributed by atoms with Crippen molar-refractivity contribution in [1.82, 2.24) is 4.90 Å². The standard InChI is InChI=1S/C15H21NO4/c1-2-12-11-19-9-7-16(12)8-10-20-14-6-4-3-5-13(14)15(17)18/h3-6,12H,2,7-11H2,1H3,(H,17,18). The summed E-state index contributed by atoms with van der Waals surface area (Å²) in [5.74, 6) is -0.528. The minimum atomic E-state index is -0.960. The molecule has 0 radical (unpaired) electrons. The van der Waals surface area contributed by atoms with E-state index in [0.29, 0.717) is 18.4 Å². The molecule has 1 saturated heterocycles. The Morgan fingerprint density at radius 1 is 1.50 bits per heavy atom. The molecule has 0 bridgehead atoms. The molecule has 5 nitrogen and oxygen atoms in total. The summed E-state index contributed by atoms with van der Waals surface area (Å²) in [5.41, 5.74) is 0.210. The molecule has 1 aliphatic heterocycles. The molecule has 1 fully saturated rings. The van der Waals surface area contributed by atoms with Crippen LogP contribution in [0, 0.1) is 0 Å². The maximum Gasteiger partial charge on any atom is 0.339 e. The first-order valence-corrected chi connectivity index (χ1v) is 6.99. The molecule has 1 unspecified atom stereocenters. The predicted octanol–water partition coefficient (Wildman–Crippen LogP) is 1.87. The van der Waals surface area contributed by atoms with Crippen LogP contribution in [0.4, 0.5) is 0 Å². The van der Waals surface area contributed by atoms with E-state index in [-0.39, 0.29) is 5.56 Å². The predicted molar refractivity (Wildman–Crippen MR) is 75.4 cm³/mol. The lowest BCUT2D eigenvalue weighted by molar-refractivity contribution is -0.0133. The number of hydrogen-bond donors (Lipinski definition) is 1. The molecule has 1 aliphatic rings. The van der Waals surface area contributed by atoms with Gasteiger partial charge in [-0.1, -0.05) is 19.1 Å². The fraction of sp³-hybridized carbons (Fsp3) is 0.533. The minimum Gasteiger partial charge on any atom is -0.491 e. The van der Waals surface area contributed by atoms with E-state index in [0.717, 1.165) is 32.7 Å². The van der Waals surface area contributed by atoms with E-state index in [1.807, 2.05) is 0 Å². The summed E-state index contributed by atoms with van der Waals surface area (Å²) >= 11 is 0. The van der Waals surface area contributed by atoms with E-state index < -0.39 is 5.97 Å². The average molecular weight is 279 g/mol. The van der Waals surface area contributed by atoms with E-state index in [9.17, 15) is 4.79 Å². The number of carboxylic acid groups (broad SMARTS) is 1. The van der Waals surface area contributed by atoms with Gasteiger partial charge in [-0.05, 0) is 18.6 Å². The molecule has 0 saturated carbocycles. The molecule has 1 aromatic rings. The van der Waals surface area contributed by atoms with E-state index in [1.165, 1.54) is 0 Å². The van der Waals surface area contributed by atoms with Crippen LogP contribution in [0.25, 0.3) is 0 Å². The third kappa shape index (κ3) is 3.71. The van der Waals surface area contributed by atoms with E-state index >= 15 is 0 Å². The lowest BCUT2D eigenvalue weighted by Crippen LogP contribution is -2.46. The highest BCUT2D eigenvalue weighted by molar-refractivity contribution is 5.90. The summed E-state index contributed by atoms with van der Waals surface area (Å²) in [7, 11) is 0. The smallest absolute Gasteiger partial charge is 0.339 e. The van der Waals surface area contributed by atoms with Crippen LogP contribution in [0.5, 0.6) is 5.75 Å². The Morgan fingerprint density at radius 3 is 3.05 bits per heavy atom. The van der Waals surface area contributed by atoms with Gasteiger partial charge in [0.15, 0.2) is 0 Å². The van der Waals surface area contributed by atoms with Crippen LogP contribution >= 0.6 is 0 Å². The lowest BCUT2D eigenvalue weighted by atomic mass is 10.2. The molecule has 20 heavy (non-hydrogen) atoms. The topological polar surface area (TPSA) is 59.0 Å². The van der Waals surface area contributed by atoms with Gasteiger partial charge in [0, 0.05) is 19.1 Å². The second-order valence-corrected chi connectivity index (χ2v) is 4.82. The van der Waals surface area contributed by atoms with Crippen LogP contribution in [0.15, 0.2) is 24.3 Å². The van der Waals surface area contributed by atoms with Gasteiger partial charge in [0.1, 0.15) is 17.9 Å². The lowest BCUT2D eigenvalue weighted by Gasteiger charge is -2.34. The number of carbonyl (C=O) groups is 1. The number of nitrogens with zero attached hydrogens (tertiary/aromatic N) is 1. The number of benzene rings is 1. The molecule has 1 aromatic carbocycles. The Morgan fingerprint density at radius 2 is 2.30 bits per heavy atom. The van der Waals surface area contributed by atoms with Crippen molar-refractivity contribution >= 4 is 5.97 Å². The summed E-state index contributed by atoms with van der Waals surface area (Å²) in [4.78, 5) is 13.4.